The maximum atomic E-state index is 13.4. The molecule has 0 saturated heterocycles. The van der Waals surface area contributed by atoms with Crippen LogP contribution in [0.15, 0.2) is 24.3 Å². The Morgan fingerprint density at radius 1 is 1.04 bits per heavy atom. The summed E-state index contributed by atoms with van der Waals surface area (Å²) in [6.07, 6.45) is 7.89. The van der Waals surface area contributed by atoms with Gasteiger partial charge in [-0.05, 0) is 80.8 Å². The van der Waals surface area contributed by atoms with Gasteiger partial charge in [0.25, 0.3) is 0 Å². The van der Waals surface area contributed by atoms with E-state index in [9.17, 15) is 4.79 Å². The van der Waals surface area contributed by atoms with Gasteiger partial charge in [0.05, 0.1) is 33.1 Å². The summed E-state index contributed by atoms with van der Waals surface area (Å²) in [6.45, 7) is 5.29. The second kappa shape index (κ2) is 7.16. The third-order valence-electron chi connectivity index (χ3n) is 7.81. The zero-order valence-corrected chi connectivity index (χ0v) is 18.5. The Labute approximate surface area is 171 Å². The van der Waals surface area contributed by atoms with Crippen LogP contribution in [0.2, 0.25) is 0 Å². The highest BCUT2D eigenvalue weighted by Crippen LogP contribution is 2.53. The molecular formula is C25H39N2O+. The fourth-order valence-corrected chi connectivity index (χ4v) is 6.20. The molecule has 1 aromatic rings. The van der Waals surface area contributed by atoms with Crippen molar-refractivity contribution in [1.29, 1.82) is 0 Å². The van der Waals surface area contributed by atoms with E-state index in [0.717, 1.165) is 46.7 Å². The Kier molecular flexibility index (Phi) is 5.10. The number of nitrogens with zero attached hydrogens (tertiary/aromatic N) is 1. The lowest BCUT2D eigenvalue weighted by molar-refractivity contribution is -0.870. The van der Waals surface area contributed by atoms with E-state index in [4.69, 9.17) is 0 Å². The van der Waals surface area contributed by atoms with Gasteiger partial charge in [-0.2, -0.15) is 0 Å². The van der Waals surface area contributed by atoms with Crippen molar-refractivity contribution in [2.45, 2.75) is 63.8 Å². The molecule has 5 rings (SSSR count). The molecule has 0 heterocycles. The highest BCUT2D eigenvalue weighted by atomic mass is 16.2. The van der Waals surface area contributed by atoms with Gasteiger partial charge in [-0.1, -0.05) is 24.3 Å². The summed E-state index contributed by atoms with van der Waals surface area (Å²) in [4.78, 5) is 13.4. The van der Waals surface area contributed by atoms with Gasteiger partial charge in [0.2, 0.25) is 5.91 Å². The van der Waals surface area contributed by atoms with Gasteiger partial charge in [0.15, 0.2) is 0 Å². The van der Waals surface area contributed by atoms with Crippen LogP contribution in [0.4, 0.5) is 0 Å². The van der Waals surface area contributed by atoms with E-state index in [0.29, 0.717) is 6.04 Å². The van der Waals surface area contributed by atoms with Crippen LogP contribution in [0.25, 0.3) is 0 Å². The van der Waals surface area contributed by atoms with E-state index in [2.05, 4.69) is 64.6 Å². The lowest BCUT2D eigenvalue weighted by Crippen LogP contribution is -2.58. The van der Waals surface area contributed by atoms with Crippen molar-refractivity contribution in [3.63, 3.8) is 0 Å². The van der Waals surface area contributed by atoms with E-state index in [1.54, 1.807) is 0 Å². The number of benzene rings is 1. The number of quaternary nitrogens is 1. The summed E-state index contributed by atoms with van der Waals surface area (Å²) in [6, 6.07) is 9.13. The Morgan fingerprint density at radius 3 is 2.21 bits per heavy atom. The van der Waals surface area contributed by atoms with Crippen molar-refractivity contribution in [1.82, 2.24) is 5.32 Å². The summed E-state index contributed by atoms with van der Waals surface area (Å²) in [5.41, 5.74) is 2.00. The number of amides is 1. The predicted octanol–water partition coefficient (Wildman–Crippen LogP) is 4.15. The van der Waals surface area contributed by atoms with Gasteiger partial charge in [-0.25, -0.2) is 0 Å². The summed E-state index contributed by atoms with van der Waals surface area (Å²) in [5.74, 6) is 3.57. The highest BCUT2D eigenvalue weighted by molar-refractivity contribution is 5.87. The molecular weight excluding hydrogens is 344 g/mol. The first kappa shape index (κ1) is 19.9. The molecule has 28 heavy (non-hydrogen) atoms. The smallest absolute Gasteiger partial charge is 0.230 e. The quantitative estimate of drug-likeness (QED) is 0.735. The lowest BCUT2D eigenvalue weighted by atomic mass is 9.54. The Bertz CT molecular complexity index is 702. The monoisotopic (exact) mass is 383 g/mol. The molecule has 0 atom stereocenters. The second-order valence-electron chi connectivity index (χ2n) is 11.5. The maximum Gasteiger partial charge on any atom is 0.230 e. The molecule has 4 fully saturated rings. The summed E-state index contributed by atoms with van der Waals surface area (Å²) >= 11 is 0. The molecule has 4 aliphatic carbocycles. The number of likely N-dealkylation sites (N-methyl/N-ethyl adjacent to an activating group) is 1. The Hall–Kier alpha value is -1.35. The number of carbonyl (C=O) groups excluding carboxylic acids is 1. The van der Waals surface area contributed by atoms with Crippen LogP contribution in [0.3, 0.4) is 0 Å². The van der Waals surface area contributed by atoms with Crippen molar-refractivity contribution in [3.8, 4) is 0 Å². The fraction of sp³-hybridized carbons (Fsp3) is 0.720. The first-order valence-electron chi connectivity index (χ1n) is 11.3. The van der Waals surface area contributed by atoms with Gasteiger partial charge in [0.1, 0.15) is 0 Å². The Morgan fingerprint density at radius 2 is 1.64 bits per heavy atom. The average molecular weight is 384 g/mol. The van der Waals surface area contributed by atoms with Crippen molar-refractivity contribution in [2.75, 3.05) is 27.7 Å². The van der Waals surface area contributed by atoms with Crippen LogP contribution in [0.1, 0.15) is 57.1 Å². The zero-order valence-electron chi connectivity index (χ0n) is 18.5. The molecule has 0 aliphatic heterocycles. The number of hydrogen-bond donors (Lipinski definition) is 1. The van der Waals surface area contributed by atoms with E-state index >= 15 is 0 Å². The maximum absolute atomic E-state index is 13.4. The number of hydrogen-bond acceptors (Lipinski definition) is 1. The topological polar surface area (TPSA) is 29.1 Å². The van der Waals surface area contributed by atoms with Crippen molar-refractivity contribution < 1.29 is 9.28 Å². The van der Waals surface area contributed by atoms with E-state index in [1.807, 2.05) is 0 Å². The third kappa shape index (κ3) is 4.01. The summed E-state index contributed by atoms with van der Waals surface area (Å²) in [5, 5.41) is 3.53. The normalized spacial score (nSPS) is 31.8. The molecule has 4 saturated carbocycles. The molecule has 4 aliphatic rings. The molecule has 1 aromatic carbocycles. The molecule has 0 unspecified atom stereocenters. The molecule has 1 amide bonds. The minimum atomic E-state index is -0.485. The largest absolute Gasteiger partial charge is 0.352 e. The summed E-state index contributed by atoms with van der Waals surface area (Å²) < 4.78 is 0.959. The zero-order chi connectivity index (χ0) is 20.1. The predicted molar refractivity (Wildman–Crippen MR) is 115 cm³/mol. The van der Waals surface area contributed by atoms with Gasteiger partial charge < -0.3 is 9.80 Å². The van der Waals surface area contributed by atoms with Crippen molar-refractivity contribution >= 4 is 5.91 Å². The van der Waals surface area contributed by atoms with Crippen molar-refractivity contribution in [2.24, 2.45) is 23.7 Å². The fourth-order valence-electron chi connectivity index (χ4n) is 6.20. The van der Waals surface area contributed by atoms with Crippen LogP contribution in [0.5, 0.6) is 0 Å². The molecule has 3 heteroatoms. The summed E-state index contributed by atoms with van der Waals surface area (Å²) in [7, 11) is 6.69. The average Bonchev–Trinajstić information content (AvgIpc) is 2.62. The molecule has 0 radical (unpaired) electrons. The molecule has 0 aromatic heterocycles. The molecule has 3 nitrogen and oxygen atoms in total. The molecule has 0 spiro atoms. The first-order chi connectivity index (χ1) is 13.1. The number of rotatable bonds is 6. The Balaban J connectivity index is 1.45. The lowest BCUT2D eigenvalue weighted by Gasteiger charge is -2.54. The van der Waals surface area contributed by atoms with E-state index in [-0.39, 0.29) is 5.91 Å². The van der Waals surface area contributed by atoms with Gasteiger partial charge in [-0.15, -0.1) is 0 Å². The van der Waals surface area contributed by atoms with E-state index in [1.165, 1.54) is 37.7 Å². The van der Waals surface area contributed by atoms with Crippen LogP contribution < -0.4 is 5.32 Å². The molecule has 1 N–H and O–H groups in total. The van der Waals surface area contributed by atoms with Gasteiger partial charge in [0, 0.05) is 12.5 Å². The minimum Gasteiger partial charge on any atom is -0.352 e. The minimum absolute atomic E-state index is 0.216. The van der Waals surface area contributed by atoms with Gasteiger partial charge >= 0.3 is 0 Å². The molecule has 4 bridgehead atoms. The van der Waals surface area contributed by atoms with Crippen LogP contribution in [-0.4, -0.2) is 44.1 Å². The van der Waals surface area contributed by atoms with E-state index < -0.39 is 5.41 Å². The molecule has 154 valence electrons. The third-order valence-corrected chi connectivity index (χ3v) is 7.81. The standard InChI is InChI=1S/C25H38N2O/c1-25(2,22-8-6-7-17(16-22)9-10-27(3,4)5)24(28)26-23-20-12-18-11-19(14-20)15-21(23)13-18/h6-8,16,18-21,23H,9-15H2,1-5H3/p+1. The second-order valence-corrected chi connectivity index (χ2v) is 11.5. The highest BCUT2D eigenvalue weighted by Gasteiger charge is 2.49. The van der Waals surface area contributed by atoms with Gasteiger partial charge in [-0.3, -0.25) is 4.79 Å². The van der Waals surface area contributed by atoms with Crippen LogP contribution in [0, 0.1) is 23.7 Å². The van der Waals surface area contributed by atoms with Crippen LogP contribution in [-0.2, 0) is 16.6 Å². The number of carbonyl (C=O) groups is 1. The van der Waals surface area contributed by atoms with Crippen LogP contribution >= 0.6 is 0 Å². The first-order valence-corrected chi connectivity index (χ1v) is 11.3. The van der Waals surface area contributed by atoms with Crippen molar-refractivity contribution in [3.05, 3.63) is 35.4 Å². The number of nitrogens with one attached hydrogen (secondary N) is 1. The SMILES string of the molecule is CC(C)(C(=O)NC1C2CC3CC(C2)CC1C3)c1cccc(CC[N+](C)(C)C)c1.